The maximum atomic E-state index is 12.8. The molecular weight excluding hydrogens is 540 g/mol. The number of carbonyl (C=O) groups excluding carboxylic acids is 2. The number of aliphatic hydroxyl groups is 2. The molecule has 4 N–H and O–H groups in total. The Bertz CT molecular complexity index is 918. The van der Waals surface area contributed by atoms with E-state index in [0.717, 1.165) is 12.0 Å². The van der Waals surface area contributed by atoms with Gasteiger partial charge in [-0.25, -0.2) is 4.79 Å². The van der Waals surface area contributed by atoms with Gasteiger partial charge in [0.1, 0.15) is 5.60 Å². The van der Waals surface area contributed by atoms with E-state index >= 15 is 0 Å². The molecule has 0 aliphatic carbocycles. The van der Waals surface area contributed by atoms with Crippen molar-refractivity contribution in [3.63, 3.8) is 0 Å². The minimum atomic E-state index is -0.965. The van der Waals surface area contributed by atoms with Crippen LogP contribution in [0.15, 0.2) is 18.2 Å². The van der Waals surface area contributed by atoms with Crippen molar-refractivity contribution >= 4 is 12.0 Å². The molecule has 0 saturated heterocycles. The third-order valence-corrected chi connectivity index (χ3v) is 7.07. The molecule has 1 aromatic rings. The number of aliphatic hydroxyl groups excluding tert-OH is 2. The Morgan fingerprint density at radius 1 is 0.976 bits per heavy atom. The number of carbonyl (C=O) groups is 2. The van der Waals surface area contributed by atoms with Crippen molar-refractivity contribution in [1.29, 1.82) is 0 Å². The van der Waals surface area contributed by atoms with Crippen molar-refractivity contribution in [1.82, 2.24) is 10.6 Å². The van der Waals surface area contributed by atoms with Gasteiger partial charge in [-0.3, -0.25) is 4.79 Å². The van der Waals surface area contributed by atoms with Crippen LogP contribution in [-0.2, 0) is 20.7 Å². The average molecular weight is 597 g/mol. The fraction of sp³-hybridized carbons (Fsp3) is 0.750. The predicted molar refractivity (Wildman–Crippen MR) is 164 cm³/mol. The lowest BCUT2D eigenvalue weighted by molar-refractivity contribution is -0.125. The lowest BCUT2D eigenvalue weighted by Gasteiger charge is -2.32. The molecule has 10 nitrogen and oxygen atoms in total. The van der Waals surface area contributed by atoms with Gasteiger partial charge in [-0.1, -0.05) is 26.8 Å². The first-order chi connectivity index (χ1) is 19.8. The van der Waals surface area contributed by atoms with E-state index in [2.05, 4.69) is 24.5 Å². The highest BCUT2D eigenvalue weighted by atomic mass is 16.6. The van der Waals surface area contributed by atoms with Crippen LogP contribution in [0.3, 0.4) is 0 Å². The molecule has 0 heterocycles. The summed E-state index contributed by atoms with van der Waals surface area (Å²) in [5.41, 5.74) is 0.360. The van der Waals surface area contributed by atoms with Crippen molar-refractivity contribution in [2.24, 2.45) is 17.8 Å². The molecule has 0 aliphatic heterocycles. The Kier molecular flexibility index (Phi) is 17.5. The zero-order valence-corrected chi connectivity index (χ0v) is 27.0. The second-order valence-electron chi connectivity index (χ2n) is 12.3. The Labute approximate surface area is 252 Å². The number of methoxy groups -OCH3 is 2. The van der Waals surface area contributed by atoms with Crippen LogP contribution in [0.25, 0.3) is 0 Å². The minimum absolute atomic E-state index is 0.0818. The van der Waals surface area contributed by atoms with Crippen LogP contribution in [0.1, 0.15) is 79.2 Å². The summed E-state index contributed by atoms with van der Waals surface area (Å²) in [6, 6.07) is 5.26. The summed E-state index contributed by atoms with van der Waals surface area (Å²) in [5.74, 6) is 1.02. The van der Waals surface area contributed by atoms with Gasteiger partial charge in [0.15, 0.2) is 11.5 Å². The molecule has 0 aromatic heterocycles. The number of unbranched alkanes of at least 4 members (excludes halogenated alkanes) is 1. The zero-order chi connectivity index (χ0) is 31.7. The number of hydrogen-bond acceptors (Lipinski definition) is 8. The van der Waals surface area contributed by atoms with E-state index in [0.29, 0.717) is 56.9 Å². The number of amides is 2. The summed E-state index contributed by atoms with van der Waals surface area (Å²) in [6.45, 7) is 13.0. The zero-order valence-electron chi connectivity index (χ0n) is 27.0. The molecule has 0 aliphatic rings. The molecule has 0 saturated carbocycles. The molecule has 0 spiro atoms. The Hall–Kier alpha value is -2.56. The van der Waals surface area contributed by atoms with E-state index in [9.17, 15) is 14.7 Å². The van der Waals surface area contributed by atoms with Crippen LogP contribution in [-0.4, -0.2) is 80.5 Å². The number of benzene rings is 1. The second kappa shape index (κ2) is 19.6. The largest absolute Gasteiger partial charge is 0.493 e. The van der Waals surface area contributed by atoms with Crippen molar-refractivity contribution in [2.75, 3.05) is 40.6 Å². The summed E-state index contributed by atoms with van der Waals surface area (Å²) in [6.07, 6.45) is 1.84. The summed E-state index contributed by atoms with van der Waals surface area (Å²) in [5, 5.41) is 26.0. The Morgan fingerprint density at radius 2 is 1.69 bits per heavy atom. The summed E-state index contributed by atoms with van der Waals surface area (Å²) < 4.78 is 22.1. The van der Waals surface area contributed by atoms with Gasteiger partial charge in [0.05, 0.1) is 25.9 Å². The van der Waals surface area contributed by atoms with Crippen LogP contribution in [0.4, 0.5) is 4.79 Å². The standard InChI is InChI=1S/C32H56N2O8/c1-22(2)25(19-24-12-13-28(40-8)29(20-24)41-17-11-16-39-7)21-26(34-31(38)42-32(4,5)6)27(36)18-23(3)30(37)33-14-9-10-15-35/h12-13,20,22-23,25-27,35-36H,9-11,14-19,21H2,1-8H3,(H,33,37)(H,34,38)/t23-,25+,26+,27+/m1/s1. The summed E-state index contributed by atoms with van der Waals surface area (Å²) in [4.78, 5) is 25.4. The third-order valence-electron chi connectivity index (χ3n) is 7.07. The molecule has 1 aromatic carbocycles. The van der Waals surface area contributed by atoms with Crippen molar-refractivity contribution in [3.8, 4) is 11.5 Å². The highest BCUT2D eigenvalue weighted by molar-refractivity contribution is 5.78. The Balaban J connectivity index is 3.08. The second-order valence-corrected chi connectivity index (χ2v) is 12.3. The van der Waals surface area contributed by atoms with E-state index in [4.69, 9.17) is 24.1 Å². The van der Waals surface area contributed by atoms with Crippen LogP contribution in [0.2, 0.25) is 0 Å². The van der Waals surface area contributed by atoms with Crippen molar-refractivity contribution < 1.29 is 38.7 Å². The number of nitrogens with one attached hydrogen (secondary N) is 2. The third kappa shape index (κ3) is 15.1. The van der Waals surface area contributed by atoms with Gasteiger partial charge in [0.25, 0.3) is 0 Å². The molecule has 4 atom stereocenters. The van der Waals surface area contributed by atoms with E-state index in [1.165, 1.54) is 0 Å². The fourth-order valence-electron chi connectivity index (χ4n) is 4.59. The first kappa shape index (κ1) is 37.5. The SMILES string of the molecule is COCCCOc1cc(C[C@@H](C[C@H](NC(=O)OC(C)(C)C)[C@@H](O)C[C@@H](C)C(=O)NCCCCO)C(C)C)ccc1OC. The van der Waals surface area contributed by atoms with Crippen LogP contribution < -0.4 is 20.1 Å². The fourth-order valence-corrected chi connectivity index (χ4v) is 4.59. The molecular formula is C32H56N2O8. The number of hydrogen-bond donors (Lipinski definition) is 4. The van der Waals surface area contributed by atoms with Gasteiger partial charge in [0, 0.05) is 39.2 Å². The van der Waals surface area contributed by atoms with Gasteiger partial charge in [-0.05, 0) is 82.4 Å². The number of ether oxygens (including phenoxy) is 4. The lowest BCUT2D eigenvalue weighted by Crippen LogP contribution is -2.48. The van der Waals surface area contributed by atoms with E-state index in [1.54, 1.807) is 41.9 Å². The van der Waals surface area contributed by atoms with Crippen LogP contribution in [0.5, 0.6) is 11.5 Å². The van der Waals surface area contributed by atoms with Gasteiger partial charge in [0.2, 0.25) is 5.91 Å². The monoisotopic (exact) mass is 596 g/mol. The Morgan fingerprint density at radius 3 is 2.29 bits per heavy atom. The van der Waals surface area contributed by atoms with Crippen molar-refractivity contribution in [3.05, 3.63) is 23.8 Å². The molecule has 242 valence electrons. The maximum absolute atomic E-state index is 12.8. The van der Waals surface area contributed by atoms with Crippen LogP contribution >= 0.6 is 0 Å². The molecule has 0 radical (unpaired) electrons. The quantitative estimate of drug-likeness (QED) is 0.162. The first-order valence-corrected chi connectivity index (χ1v) is 15.2. The van der Waals surface area contributed by atoms with Gasteiger partial charge in [-0.2, -0.15) is 0 Å². The van der Waals surface area contributed by atoms with Gasteiger partial charge in [-0.15, -0.1) is 0 Å². The number of rotatable bonds is 20. The van der Waals surface area contributed by atoms with E-state index in [-0.39, 0.29) is 30.8 Å². The van der Waals surface area contributed by atoms with E-state index in [1.807, 2.05) is 18.2 Å². The van der Waals surface area contributed by atoms with Crippen molar-refractivity contribution in [2.45, 2.75) is 97.8 Å². The summed E-state index contributed by atoms with van der Waals surface area (Å²) >= 11 is 0. The molecule has 0 bridgehead atoms. The molecule has 1 rings (SSSR count). The maximum Gasteiger partial charge on any atom is 0.407 e. The highest BCUT2D eigenvalue weighted by Gasteiger charge is 2.31. The summed E-state index contributed by atoms with van der Waals surface area (Å²) in [7, 11) is 3.27. The van der Waals surface area contributed by atoms with Gasteiger partial charge < -0.3 is 39.8 Å². The molecule has 2 amide bonds. The predicted octanol–water partition coefficient (Wildman–Crippen LogP) is 4.48. The average Bonchev–Trinajstić information content (AvgIpc) is 2.91. The van der Waals surface area contributed by atoms with E-state index < -0.39 is 29.8 Å². The molecule has 42 heavy (non-hydrogen) atoms. The molecule has 0 unspecified atom stereocenters. The van der Waals surface area contributed by atoms with Gasteiger partial charge >= 0.3 is 6.09 Å². The first-order valence-electron chi connectivity index (χ1n) is 15.2. The lowest BCUT2D eigenvalue weighted by atomic mass is 9.82. The molecule has 10 heteroatoms. The smallest absolute Gasteiger partial charge is 0.407 e. The molecule has 0 fully saturated rings. The van der Waals surface area contributed by atoms with Crippen LogP contribution in [0, 0.1) is 17.8 Å². The number of alkyl carbamates (subject to hydrolysis) is 1. The highest BCUT2D eigenvalue weighted by Crippen LogP contribution is 2.32. The normalized spacial score (nSPS) is 14.5. The topological polar surface area (TPSA) is 136 Å². The minimum Gasteiger partial charge on any atom is -0.493 e.